The van der Waals surface area contributed by atoms with Crippen LogP contribution in [0.3, 0.4) is 0 Å². The fraction of sp³-hybridized carbons (Fsp3) is 0.200. The number of anilines is 1. The molecule has 202 valence electrons. The van der Waals surface area contributed by atoms with Crippen molar-refractivity contribution < 1.29 is 22.4 Å². The molecule has 0 saturated carbocycles. The predicted octanol–water partition coefficient (Wildman–Crippen LogP) is 4.13. The molecular weight excluding hydrogens is 517 g/mol. The van der Waals surface area contributed by atoms with Crippen molar-refractivity contribution in [2.45, 2.75) is 19.0 Å². The normalized spacial score (nSPS) is 12.1. The number of amides is 2. The molecular formula is C30H30FN3O4S. The summed E-state index contributed by atoms with van der Waals surface area (Å²) in [4.78, 5) is 28.5. The minimum Gasteiger partial charge on any atom is -0.357 e. The van der Waals surface area contributed by atoms with E-state index in [9.17, 15) is 22.4 Å². The fourth-order valence-electron chi connectivity index (χ4n) is 4.53. The molecule has 4 aromatic rings. The van der Waals surface area contributed by atoms with Crippen LogP contribution in [0, 0.1) is 5.82 Å². The van der Waals surface area contributed by atoms with Gasteiger partial charge in [-0.25, -0.2) is 12.8 Å². The minimum absolute atomic E-state index is 0.0167. The van der Waals surface area contributed by atoms with Gasteiger partial charge in [-0.1, -0.05) is 78.9 Å². The summed E-state index contributed by atoms with van der Waals surface area (Å²) >= 11 is 0. The van der Waals surface area contributed by atoms with Crippen LogP contribution in [0.1, 0.15) is 11.1 Å². The van der Waals surface area contributed by atoms with Gasteiger partial charge in [-0.2, -0.15) is 0 Å². The fourth-order valence-corrected chi connectivity index (χ4v) is 5.39. The van der Waals surface area contributed by atoms with Crippen molar-refractivity contribution >= 4 is 38.3 Å². The lowest BCUT2D eigenvalue weighted by atomic mass is 10.0. The highest BCUT2D eigenvalue weighted by molar-refractivity contribution is 7.92. The summed E-state index contributed by atoms with van der Waals surface area (Å²) in [6, 6.07) is 26.5. The van der Waals surface area contributed by atoms with E-state index in [0.717, 1.165) is 21.5 Å². The number of sulfonamides is 1. The monoisotopic (exact) mass is 547 g/mol. The second kappa shape index (κ2) is 12.1. The van der Waals surface area contributed by atoms with Crippen LogP contribution in [0.2, 0.25) is 0 Å². The molecule has 0 radical (unpaired) electrons. The Bertz CT molecular complexity index is 1560. The van der Waals surface area contributed by atoms with Gasteiger partial charge < -0.3 is 10.2 Å². The summed E-state index contributed by atoms with van der Waals surface area (Å²) in [6.07, 6.45) is 1.26. The number of rotatable bonds is 10. The van der Waals surface area contributed by atoms with Gasteiger partial charge in [0.25, 0.3) is 0 Å². The summed E-state index contributed by atoms with van der Waals surface area (Å²) in [6.45, 7) is -0.534. The Morgan fingerprint density at radius 2 is 1.49 bits per heavy atom. The average molecular weight is 548 g/mol. The molecule has 0 heterocycles. The zero-order chi connectivity index (χ0) is 28.0. The van der Waals surface area contributed by atoms with Gasteiger partial charge >= 0.3 is 0 Å². The SMILES string of the molecule is CNC(=O)[C@H](Cc1ccccc1)N(Cc1ccc(F)cc1)C(=O)CN(c1cccc2ccccc12)S(C)(=O)=O. The van der Waals surface area contributed by atoms with Crippen LogP contribution in [-0.4, -0.2) is 51.0 Å². The summed E-state index contributed by atoms with van der Waals surface area (Å²) in [7, 11) is -2.41. The largest absolute Gasteiger partial charge is 0.357 e. The third-order valence-corrected chi connectivity index (χ3v) is 7.62. The predicted molar refractivity (Wildman–Crippen MR) is 151 cm³/mol. The molecule has 0 saturated heterocycles. The van der Waals surface area contributed by atoms with E-state index in [1.807, 2.05) is 48.5 Å². The number of benzene rings is 4. The van der Waals surface area contributed by atoms with Crippen LogP contribution in [0.25, 0.3) is 10.8 Å². The number of halogens is 1. The molecule has 0 unspecified atom stereocenters. The van der Waals surface area contributed by atoms with Gasteiger partial charge in [-0.05, 0) is 34.7 Å². The molecule has 9 heteroatoms. The lowest BCUT2D eigenvalue weighted by molar-refractivity contribution is -0.139. The standard InChI is InChI=1S/C30H30FN3O4S/c1-32-30(36)28(19-22-9-4-3-5-10-22)33(20-23-15-17-25(31)18-16-23)29(35)21-34(39(2,37)38)27-14-8-12-24-11-6-7-13-26(24)27/h3-18,28H,19-21H2,1-2H3,(H,32,36)/t28-/m0/s1. The molecule has 1 atom stereocenters. The Morgan fingerprint density at radius 3 is 2.15 bits per heavy atom. The highest BCUT2D eigenvalue weighted by atomic mass is 32.2. The molecule has 7 nitrogen and oxygen atoms in total. The van der Waals surface area contributed by atoms with E-state index in [1.165, 1.54) is 36.2 Å². The smallest absolute Gasteiger partial charge is 0.244 e. The molecule has 1 N–H and O–H groups in total. The Labute approximate surface area is 227 Å². The summed E-state index contributed by atoms with van der Waals surface area (Å²) in [5.41, 5.74) is 1.80. The summed E-state index contributed by atoms with van der Waals surface area (Å²) in [5.74, 6) is -1.39. The third-order valence-electron chi connectivity index (χ3n) is 6.50. The van der Waals surface area contributed by atoms with Crippen LogP contribution >= 0.6 is 0 Å². The van der Waals surface area contributed by atoms with E-state index >= 15 is 0 Å². The van der Waals surface area contributed by atoms with Gasteiger partial charge in [-0.3, -0.25) is 13.9 Å². The van der Waals surface area contributed by atoms with Crippen molar-refractivity contribution in [1.82, 2.24) is 10.2 Å². The van der Waals surface area contributed by atoms with Crippen LogP contribution in [-0.2, 0) is 32.6 Å². The minimum atomic E-state index is -3.89. The number of nitrogens with zero attached hydrogens (tertiary/aromatic N) is 2. The topological polar surface area (TPSA) is 86.8 Å². The van der Waals surface area contributed by atoms with Crippen LogP contribution in [0.4, 0.5) is 10.1 Å². The molecule has 4 rings (SSSR count). The van der Waals surface area contributed by atoms with Crippen molar-refractivity contribution in [2.24, 2.45) is 0 Å². The van der Waals surface area contributed by atoms with E-state index in [-0.39, 0.29) is 13.0 Å². The van der Waals surface area contributed by atoms with Gasteiger partial charge in [0.15, 0.2) is 0 Å². The maximum Gasteiger partial charge on any atom is 0.244 e. The maximum absolute atomic E-state index is 14.0. The van der Waals surface area contributed by atoms with Crippen molar-refractivity contribution in [1.29, 1.82) is 0 Å². The van der Waals surface area contributed by atoms with E-state index < -0.39 is 40.2 Å². The maximum atomic E-state index is 14.0. The third kappa shape index (κ3) is 6.80. The van der Waals surface area contributed by atoms with Crippen LogP contribution in [0.5, 0.6) is 0 Å². The number of nitrogens with one attached hydrogen (secondary N) is 1. The van der Waals surface area contributed by atoms with Gasteiger partial charge in [-0.15, -0.1) is 0 Å². The van der Waals surface area contributed by atoms with Gasteiger partial charge in [0.05, 0.1) is 11.9 Å². The summed E-state index contributed by atoms with van der Waals surface area (Å²) in [5, 5.41) is 4.13. The average Bonchev–Trinajstić information content (AvgIpc) is 2.93. The molecule has 2 amide bonds. The van der Waals surface area contributed by atoms with Crippen LogP contribution < -0.4 is 9.62 Å². The number of hydrogen-bond donors (Lipinski definition) is 1. The van der Waals surface area contributed by atoms with Crippen molar-refractivity contribution in [3.63, 3.8) is 0 Å². The molecule has 0 fully saturated rings. The second-order valence-electron chi connectivity index (χ2n) is 9.24. The molecule has 0 aliphatic heterocycles. The number of carbonyl (C=O) groups is 2. The van der Waals surface area contributed by atoms with E-state index in [1.54, 1.807) is 24.3 Å². The highest BCUT2D eigenvalue weighted by Crippen LogP contribution is 2.29. The Balaban J connectivity index is 1.76. The Morgan fingerprint density at radius 1 is 0.846 bits per heavy atom. The van der Waals surface area contributed by atoms with Crippen LogP contribution in [0.15, 0.2) is 97.1 Å². The van der Waals surface area contributed by atoms with Crippen molar-refractivity contribution in [2.75, 3.05) is 24.2 Å². The number of likely N-dealkylation sites (N-methyl/N-ethyl adjacent to an activating group) is 1. The number of hydrogen-bond acceptors (Lipinski definition) is 4. The first-order valence-electron chi connectivity index (χ1n) is 12.4. The summed E-state index contributed by atoms with van der Waals surface area (Å²) < 4.78 is 40.7. The van der Waals surface area contributed by atoms with Gasteiger partial charge in [0.1, 0.15) is 18.4 Å². The Kier molecular flexibility index (Phi) is 8.61. The molecule has 0 aliphatic rings. The molecule has 39 heavy (non-hydrogen) atoms. The van der Waals surface area contributed by atoms with E-state index in [0.29, 0.717) is 16.6 Å². The van der Waals surface area contributed by atoms with Crippen molar-refractivity contribution in [3.05, 3.63) is 114 Å². The first kappa shape index (κ1) is 27.8. The van der Waals surface area contributed by atoms with E-state index in [4.69, 9.17) is 0 Å². The highest BCUT2D eigenvalue weighted by Gasteiger charge is 2.33. The zero-order valence-corrected chi connectivity index (χ0v) is 22.6. The first-order chi connectivity index (χ1) is 18.7. The molecule has 0 aliphatic carbocycles. The molecule has 0 aromatic heterocycles. The lowest BCUT2D eigenvalue weighted by Gasteiger charge is -2.33. The zero-order valence-electron chi connectivity index (χ0n) is 21.7. The second-order valence-corrected chi connectivity index (χ2v) is 11.1. The molecule has 0 bridgehead atoms. The molecule has 0 spiro atoms. The molecule has 4 aromatic carbocycles. The van der Waals surface area contributed by atoms with Gasteiger partial charge in [0, 0.05) is 25.4 Å². The number of carbonyl (C=O) groups excluding carboxylic acids is 2. The first-order valence-corrected chi connectivity index (χ1v) is 14.3. The lowest BCUT2D eigenvalue weighted by Crippen LogP contribution is -2.52. The quantitative estimate of drug-likeness (QED) is 0.324. The Hall–Kier alpha value is -4.24. The van der Waals surface area contributed by atoms with Gasteiger partial charge in [0.2, 0.25) is 21.8 Å². The number of fused-ring (bicyclic) bond motifs is 1. The van der Waals surface area contributed by atoms with E-state index in [2.05, 4.69) is 5.32 Å². The van der Waals surface area contributed by atoms with Crippen molar-refractivity contribution in [3.8, 4) is 0 Å².